The maximum Gasteiger partial charge on any atom is 0.137 e. The van der Waals surface area contributed by atoms with E-state index in [0.29, 0.717) is 18.6 Å². The van der Waals surface area contributed by atoms with Gasteiger partial charge in [-0.3, -0.25) is 4.79 Å². The fourth-order valence-electron chi connectivity index (χ4n) is 2.11. The number of hydrogen-bond acceptors (Lipinski definition) is 2. The summed E-state index contributed by atoms with van der Waals surface area (Å²) in [6.45, 7) is 2.20. The molecule has 3 heteroatoms. The fraction of sp³-hybridized carbons (Fsp3) is 0.562. The van der Waals surface area contributed by atoms with Gasteiger partial charge < -0.3 is 4.74 Å². The third-order valence-electron chi connectivity index (χ3n) is 3.19. The molecule has 0 amide bonds. The quantitative estimate of drug-likeness (QED) is 0.601. The summed E-state index contributed by atoms with van der Waals surface area (Å²) in [5.41, 5.74) is 0.968. The minimum atomic E-state index is 0.299. The van der Waals surface area contributed by atoms with Crippen molar-refractivity contribution in [3.63, 3.8) is 0 Å². The monoisotopic (exact) mass is 326 g/mol. The van der Waals surface area contributed by atoms with Crippen LogP contribution in [-0.2, 0) is 11.2 Å². The van der Waals surface area contributed by atoms with Crippen molar-refractivity contribution in [1.29, 1.82) is 0 Å². The number of unbranched alkanes of at least 4 members (excludes halogenated alkanes) is 4. The summed E-state index contributed by atoms with van der Waals surface area (Å²) in [5.74, 6) is 1.09. The number of hydrogen-bond donors (Lipinski definition) is 0. The number of benzene rings is 1. The number of carbonyl (C=O) groups excluding carboxylic acids is 1. The van der Waals surface area contributed by atoms with Crippen molar-refractivity contribution < 1.29 is 9.53 Å². The van der Waals surface area contributed by atoms with Crippen molar-refractivity contribution in [3.8, 4) is 5.75 Å². The molecule has 0 unspecified atom stereocenters. The molecule has 0 heterocycles. The Kier molecular flexibility index (Phi) is 7.80. The summed E-state index contributed by atoms with van der Waals surface area (Å²) in [5, 5.41) is 0. The molecule has 0 radical (unpaired) electrons. The van der Waals surface area contributed by atoms with Crippen LogP contribution in [-0.4, -0.2) is 12.9 Å². The van der Waals surface area contributed by atoms with Crippen LogP contribution in [0.25, 0.3) is 0 Å². The summed E-state index contributed by atoms with van der Waals surface area (Å²) in [7, 11) is 1.64. The summed E-state index contributed by atoms with van der Waals surface area (Å²) in [6.07, 6.45) is 7.07. The highest BCUT2D eigenvalue weighted by atomic mass is 79.9. The van der Waals surface area contributed by atoms with Gasteiger partial charge in [0.05, 0.1) is 7.11 Å². The molecule has 0 aliphatic heterocycles. The highest BCUT2D eigenvalue weighted by molar-refractivity contribution is 9.10. The summed E-state index contributed by atoms with van der Waals surface area (Å²) in [6, 6.07) is 5.79. The van der Waals surface area contributed by atoms with Crippen molar-refractivity contribution in [2.75, 3.05) is 7.11 Å². The lowest BCUT2D eigenvalue weighted by atomic mass is 10.0. The lowest BCUT2D eigenvalue weighted by Gasteiger charge is -2.08. The normalized spacial score (nSPS) is 10.5. The number of ether oxygens (including phenoxy) is 1. The molecule has 0 aliphatic rings. The molecule has 2 nitrogen and oxygen atoms in total. The zero-order valence-corrected chi connectivity index (χ0v) is 13.5. The second-order valence-corrected chi connectivity index (χ2v) is 5.75. The number of rotatable bonds is 9. The third-order valence-corrected chi connectivity index (χ3v) is 3.68. The standard InChI is InChI=1S/C16H23BrO2/c1-3-4-5-6-7-8-15(18)12-13-11-14(17)9-10-16(13)19-2/h9-11H,3-8,12H2,1-2H3. The minimum Gasteiger partial charge on any atom is -0.496 e. The largest absolute Gasteiger partial charge is 0.496 e. The van der Waals surface area contributed by atoms with Crippen LogP contribution in [0.4, 0.5) is 0 Å². The molecule has 0 fully saturated rings. The van der Waals surface area contributed by atoms with Gasteiger partial charge in [-0.25, -0.2) is 0 Å². The molecule has 0 saturated carbocycles. The third kappa shape index (κ3) is 6.24. The maximum atomic E-state index is 12.0. The van der Waals surface area contributed by atoms with E-state index in [2.05, 4.69) is 22.9 Å². The Morgan fingerprint density at radius 1 is 1.21 bits per heavy atom. The van der Waals surface area contributed by atoms with Crippen LogP contribution in [0.5, 0.6) is 5.75 Å². The van der Waals surface area contributed by atoms with Crippen molar-refractivity contribution in [2.24, 2.45) is 0 Å². The molecule has 0 aromatic heterocycles. The van der Waals surface area contributed by atoms with E-state index in [1.807, 2.05) is 18.2 Å². The number of carbonyl (C=O) groups is 1. The van der Waals surface area contributed by atoms with E-state index in [0.717, 1.165) is 28.6 Å². The second-order valence-electron chi connectivity index (χ2n) is 4.84. The van der Waals surface area contributed by atoms with Crippen LogP contribution in [0.15, 0.2) is 22.7 Å². The molecular weight excluding hydrogens is 304 g/mol. The van der Waals surface area contributed by atoms with Crippen molar-refractivity contribution >= 4 is 21.7 Å². The molecular formula is C16H23BrO2. The first kappa shape index (κ1) is 16.2. The molecule has 1 aromatic rings. The van der Waals surface area contributed by atoms with E-state index in [1.54, 1.807) is 7.11 Å². The van der Waals surface area contributed by atoms with Gasteiger partial charge in [0.25, 0.3) is 0 Å². The molecule has 0 bridgehead atoms. The van der Waals surface area contributed by atoms with Gasteiger partial charge in [-0.15, -0.1) is 0 Å². The highest BCUT2D eigenvalue weighted by Gasteiger charge is 2.09. The average molecular weight is 327 g/mol. The Labute approximate surface area is 124 Å². The second kappa shape index (κ2) is 9.13. The van der Waals surface area contributed by atoms with Crippen LogP contribution in [0.3, 0.4) is 0 Å². The highest BCUT2D eigenvalue weighted by Crippen LogP contribution is 2.24. The minimum absolute atomic E-state index is 0.299. The Morgan fingerprint density at radius 2 is 1.95 bits per heavy atom. The van der Waals surface area contributed by atoms with Gasteiger partial charge in [0.15, 0.2) is 0 Å². The van der Waals surface area contributed by atoms with E-state index >= 15 is 0 Å². The van der Waals surface area contributed by atoms with Gasteiger partial charge in [0.1, 0.15) is 11.5 Å². The predicted octanol–water partition coefficient (Wildman–Crippen LogP) is 4.93. The van der Waals surface area contributed by atoms with Crippen molar-refractivity contribution in [1.82, 2.24) is 0 Å². The van der Waals surface area contributed by atoms with Crippen LogP contribution in [0.1, 0.15) is 51.0 Å². The number of ketones is 1. The summed E-state index contributed by atoms with van der Waals surface area (Å²) < 4.78 is 6.27. The van der Waals surface area contributed by atoms with Gasteiger partial charge in [-0.1, -0.05) is 48.5 Å². The summed E-state index contributed by atoms with van der Waals surface area (Å²) >= 11 is 3.43. The van der Waals surface area contributed by atoms with Crippen LogP contribution >= 0.6 is 15.9 Å². The molecule has 0 N–H and O–H groups in total. The van der Waals surface area contributed by atoms with Crippen LogP contribution in [0, 0.1) is 0 Å². The van der Waals surface area contributed by atoms with Gasteiger partial charge >= 0.3 is 0 Å². The maximum absolute atomic E-state index is 12.0. The molecule has 0 atom stereocenters. The van der Waals surface area contributed by atoms with E-state index in [1.165, 1.54) is 19.3 Å². The van der Waals surface area contributed by atoms with E-state index in [-0.39, 0.29) is 0 Å². The number of halogens is 1. The van der Waals surface area contributed by atoms with E-state index in [9.17, 15) is 4.79 Å². The topological polar surface area (TPSA) is 26.3 Å². The smallest absolute Gasteiger partial charge is 0.137 e. The lowest BCUT2D eigenvalue weighted by Crippen LogP contribution is -2.04. The predicted molar refractivity (Wildman–Crippen MR) is 82.8 cm³/mol. The zero-order chi connectivity index (χ0) is 14.1. The average Bonchev–Trinajstić information content (AvgIpc) is 2.39. The SMILES string of the molecule is CCCCCCCC(=O)Cc1cc(Br)ccc1OC. The first-order valence-electron chi connectivity index (χ1n) is 7.01. The van der Waals surface area contributed by atoms with Crippen molar-refractivity contribution in [2.45, 2.75) is 51.9 Å². The first-order chi connectivity index (χ1) is 9.17. The molecule has 1 rings (SSSR count). The van der Waals surface area contributed by atoms with Gasteiger partial charge in [0, 0.05) is 22.9 Å². The fourth-order valence-corrected chi connectivity index (χ4v) is 2.52. The Morgan fingerprint density at radius 3 is 2.63 bits per heavy atom. The van der Waals surface area contributed by atoms with Crippen LogP contribution in [0.2, 0.25) is 0 Å². The lowest BCUT2D eigenvalue weighted by molar-refractivity contribution is -0.118. The van der Waals surface area contributed by atoms with E-state index < -0.39 is 0 Å². The van der Waals surface area contributed by atoms with Crippen LogP contribution < -0.4 is 4.74 Å². The van der Waals surface area contributed by atoms with Gasteiger partial charge in [-0.2, -0.15) is 0 Å². The molecule has 0 aliphatic carbocycles. The Balaban J connectivity index is 2.41. The molecule has 106 valence electrons. The number of methoxy groups -OCH3 is 1. The molecule has 0 spiro atoms. The summed E-state index contributed by atoms with van der Waals surface area (Å²) in [4.78, 5) is 12.0. The molecule has 0 saturated heterocycles. The molecule has 19 heavy (non-hydrogen) atoms. The number of Topliss-reactive ketones (excluding diaryl/α,β-unsaturated/α-hetero) is 1. The first-order valence-corrected chi connectivity index (χ1v) is 7.80. The molecule has 1 aromatic carbocycles. The van der Waals surface area contributed by atoms with Crippen molar-refractivity contribution in [3.05, 3.63) is 28.2 Å². The Bertz CT molecular complexity index is 402. The van der Waals surface area contributed by atoms with Gasteiger partial charge in [0.2, 0.25) is 0 Å². The van der Waals surface area contributed by atoms with Gasteiger partial charge in [-0.05, 0) is 24.6 Å². The zero-order valence-electron chi connectivity index (χ0n) is 11.9. The van der Waals surface area contributed by atoms with E-state index in [4.69, 9.17) is 4.74 Å². The Hall–Kier alpha value is -0.830.